The second kappa shape index (κ2) is 8.88. The quantitative estimate of drug-likeness (QED) is 0.706. The number of ether oxygens (including phenoxy) is 2. The van der Waals surface area contributed by atoms with Crippen molar-refractivity contribution in [2.75, 3.05) is 11.9 Å². The molecule has 9 heteroatoms. The van der Waals surface area contributed by atoms with E-state index in [-0.39, 0.29) is 28.6 Å². The number of amides is 1. The van der Waals surface area contributed by atoms with Gasteiger partial charge in [0.05, 0.1) is 17.9 Å². The third kappa shape index (κ3) is 4.69. The molecule has 28 heavy (non-hydrogen) atoms. The van der Waals surface area contributed by atoms with Gasteiger partial charge < -0.3 is 19.8 Å². The van der Waals surface area contributed by atoms with Gasteiger partial charge in [-0.3, -0.25) is 4.79 Å². The van der Waals surface area contributed by atoms with Gasteiger partial charge in [0, 0.05) is 10.7 Å². The first-order valence-corrected chi connectivity index (χ1v) is 8.86. The molecule has 0 bridgehead atoms. The fourth-order valence-electron chi connectivity index (χ4n) is 2.56. The van der Waals surface area contributed by atoms with Crippen molar-refractivity contribution in [3.63, 3.8) is 0 Å². The molecule has 0 saturated heterocycles. The van der Waals surface area contributed by atoms with Crippen LogP contribution in [0.15, 0.2) is 18.2 Å². The Labute approximate surface area is 166 Å². The van der Waals surface area contributed by atoms with Crippen molar-refractivity contribution in [2.45, 2.75) is 33.8 Å². The van der Waals surface area contributed by atoms with E-state index in [0.29, 0.717) is 11.3 Å². The first kappa shape index (κ1) is 21.4. The molecule has 0 unspecified atom stereocenters. The van der Waals surface area contributed by atoms with Crippen LogP contribution in [0.25, 0.3) is 0 Å². The van der Waals surface area contributed by atoms with Crippen molar-refractivity contribution in [1.82, 2.24) is 4.98 Å². The van der Waals surface area contributed by atoms with Crippen LogP contribution in [0.2, 0.25) is 5.02 Å². The lowest BCUT2D eigenvalue weighted by Crippen LogP contribution is -2.30. The van der Waals surface area contributed by atoms with Crippen molar-refractivity contribution >= 4 is 35.1 Å². The average Bonchev–Trinajstić information content (AvgIpc) is 2.92. The number of aryl methyl sites for hydroxylation is 1. The van der Waals surface area contributed by atoms with Gasteiger partial charge >= 0.3 is 11.9 Å². The SMILES string of the molecule is CCOC(=O)c1[nH]c(C)c(C(=O)O[C@@H](C)C(=O)Nc2ccc(Cl)cc2F)c1C. The molecule has 1 aromatic carbocycles. The number of rotatable bonds is 6. The standard InChI is InChI=1S/C19H20ClFN2O5/c1-5-27-19(26)16-9(2)15(10(3)22-16)18(25)28-11(4)17(24)23-14-7-6-12(20)8-13(14)21/h6-8,11,22H,5H2,1-4H3,(H,23,24)/t11-/m0/s1. The molecule has 1 atom stereocenters. The number of benzene rings is 1. The Bertz CT molecular complexity index is 925. The predicted octanol–water partition coefficient (Wildman–Crippen LogP) is 3.78. The van der Waals surface area contributed by atoms with E-state index in [1.807, 2.05) is 0 Å². The predicted molar refractivity (Wildman–Crippen MR) is 101 cm³/mol. The highest BCUT2D eigenvalue weighted by atomic mass is 35.5. The molecule has 0 aliphatic heterocycles. The number of hydrogen-bond donors (Lipinski definition) is 2. The van der Waals surface area contributed by atoms with E-state index in [9.17, 15) is 18.8 Å². The molecule has 0 aliphatic rings. The van der Waals surface area contributed by atoms with Crippen LogP contribution in [0.1, 0.15) is 46.0 Å². The molecular formula is C19H20ClFN2O5. The summed E-state index contributed by atoms with van der Waals surface area (Å²) in [6.07, 6.45) is -1.21. The van der Waals surface area contributed by atoms with Gasteiger partial charge in [-0.25, -0.2) is 14.0 Å². The van der Waals surface area contributed by atoms with Crippen molar-refractivity contribution in [2.24, 2.45) is 0 Å². The van der Waals surface area contributed by atoms with Crippen LogP contribution < -0.4 is 5.32 Å². The zero-order valence-electron chi connectivity index (χ0n) is 15.8. The van der Waals surface area contributed by atoms with E-state index < -0.39 is 29.8 Å². The highest BCUT2D eigenvalue weighted by Crippen LogP contribution is 2.22. The second-order valence-corrected chi connectivity index (χ2v) is 6.44. The third-order valence-electron chi connectivity index (χ3n) is 3.96. The monoisotopic (exact) mass is 410 g/mol. The average molecular weight is 411 g/mol. The number of aromatic amines is 1. The lowest BCUT2D eigenvalue weighted by Gasteiger charge is -2.14. The highest BCUT2D eigenvalue weighted by Gasteiger charge is 2.27. The number of hydrogen-bond acceptors (Lipinski definition) is 5. The lowest BCUT2D eigenvalue weighted by molar-refractivity contribution is -0.123. The van der Waals surface area contributed by atoms with Gasteiger partial charge in [-0.05, 0) is 51.5 Å². The van der Waals surface area contributed by atoms with Crippen LogP contribution >= 0.6 is 11.6 Å². The van der Waals surface area contributed by atoms with Crippen molar-refractivity contribution < 1.29 is 28.2 Å². The molecule has 150 valence electrons. The molecular weight excluding hydrogens is 391 g/mol. The summed E-state index contributed by atoms with van der Waals surface area (Å²) in [5.41, 5.74) is 0.960. The smallest absolute Gasteiger partial charge is 0.355 e. The van der Waals surface area contributed by atoms with Gasteiger partial charge in [0.15, 0.2) is 6.10 Å². The number of esters is 2. The van der Waals surface area contributed by atoms with Gasteiger partial charge in [-0.2, -0.15) is 0 Å². The Kier molecular flexibility index (Phi) is 6.80. The van der Waals surface area contributed by atoms with Crippen LogP contribution in [0.5, 0.6) is 0 Å². The fourth-order valence-corrected chi connectivity index (χ4v) is 2.72. The van der Waals surface area contributed by atoms with E-state index in [1.165, 1.54) is 19.1 Å². The van der Waals surface area contributed by atoms with Gasteiger partial charge in [0.1, 0.15) is 11.5 Å². The molecule has 7 nitrogen and oxygen atoms in total. The maximum absolute atomic E-state index is 13.8. The van der Waals surface area contributed by atoms with Crippen LogP contribution in [-0.2, 0) is 14.3 Å². The van der Waals surface area contributed by atoms with Crippen molar-refractivity contribution in [3.05, 3.63) is 51.6 Å². The van der Waals surface area contributed by atoms with Crippen LogP contribution in [0, 0.1) is 19.7 Å². The maximum Gasteiger partial charge on any atom is 0.355 e. The summed E-state index contributed by atoms with van der Waals surface area (Å²) >= 11 is 5.67. The first-order chi connectivity index (χ1) is 13.1. The Balaban J connectivity index is 2.11. The van der Waals surface area contributed by atoms with Crippen LogP contribution in [0.3, 0.4) is 0 Å². The Morgan fingerprint density at radius 3 is 2.54 bits per heavy atom. The maximum atomic E-state index is 13.8. The number of anilines is 1. The summed E-state index contributed by atoms with van der Waals surface area (Å²) in [4.78, 5) is 39.4. The van der Waals surface area contributed by atoms with Crippen LogP contribution in [0.4, 0.5) is 10.1 Å². The normalized spacial score (nSPS) is 11.6. The number of aromatic nitrogens is 1. The minimum Gasteiger partial charge on any atom is -0.461 e. The molecule has 0 spiro atoms. The van der Waals surface area contributed by atoms with Crippen LogP contribution in [-0.4, -0.2) is 35.5 Å². The molecule has 2 rings (SSSR count). The highest BCUT2D eigenvalue weighted by molar-refractivity contribution is 6.30. The summed E-state index contributed by atoms with van der Waals surface area (Å²) in [6, 6.07) is 3.77. The minimum absolute atomic E-state index is 0.0871. The Morgan fingerprint density at radius 1 is 1.25 bits per heavy atom. The fraction of sp³-hybridized carbons (Fsp3) is 0.316. The van der Waals surface area contributed by atoms with Crippen molar-refractivity contribution in [1.29, 1.82) is 0 Å². The molecule has 1 amide bonds. The number of H-pyrrole nitrogens is 1. The number of carbonyl (C=O) groups excluding carboxylic acids is 3. The molecule has 2 aromatic rings. The molecule has 2 N–H and O–H groups in total. The third-order valence-corrected chi connectivity index (χ3v) is 4.20. The summed E-state index contributed by atoms with van der Waals surface area (Å²) in [7, 11) is 0. The number of nitrogens with one attached hydrogen (secondary N) is 2. The number of carbonyl (C=O) groups is 3. The molecule has 0 fully saturated rings. The molecule has 0 aliphatic carbocycles. The van der Waals surface area contributed by atoms with E-state index in [0.717, 1.165) is 6.07 Å². The largest absolute Gasteiger partial charge is 0.461 e. The topological polar surface area (TPSA) is 97.5 Å². The molecule has 1 heterocycles. The van der Waals surface area contributed by atoms with Gasteiger partial charge in [0.2, 0.25) is 0 Å². The second-order valence-electron chi connectivity index (χ2n) is 6.01. The van der Waals surface area contributed by atoms with E-state index >= 15 is 0 Å². The summed E-state index contributed by atoms with van der Waals surface area (Å²) < 4.78 is 23.9. The number of halogens is 2. The zero-order valence-corrected chi connectivity index (χ0v) is 16.6. The van der Waals surface area contributed by atoms with Crippen molar-refractivity contribution in [3.8, 4) is 0 Å². The molecule has 1 aromatic heterocycles. The lowest BCUT2D eigenvalue weighted by atomic mass is 10.1. The first-order valence-electron chi connectivity index (χ1n) is 8.48. The van der Waals surface area contributed by atoms with E-state index in [4.69, 9.17) is 21.1 Å². The van der Waals surface area contributed by atoms with E-state index in [1.54, 1.807) is 20.8 Å². The molecule has 0 radical (unpaired) electrons. The van der Waals surface area contributed by atoms with Gasteiger partial charge in [-0.1, -0.05) is 11.6 Å². The van der Waals surface area contributed by atoms with E-state index in [2.05, 4.69) is 10.3 Å². The Morgan fingerprint density at radius 2 is 1.93 bits per heavy atom. The summed E-state index contributed by atoms with van der Waals surface area (Å²) in [5, 5.41) is 2.52. The van der Waals surface area contributed by atoms with Gasteiger partial charge in [0.25, 0.3) is 5.91 Å². The zero-order chi connectivity index (χ0) is 21.0. The Hall–Kier alpha value is -2.87. The summed E-state index contributed by atoms with van der Waals surface area (Å²) in [5.74, 6) is -2.81. The van der Waals surface area contributed by atoms with Gasteiger partial charge in [-0.15, -0.1) is 0 Å². The summed E-state index contributed by atoms with van der Waals surface area (Å²) in [6.45, 7) is 6.38. The minimum atomic E-state index is -1.21. The molecule has 0 saturated carbocycles.